The van der Waals surface area contributed by atoms with Crippen LogP contribution in [0, 0.1) is 0 Å². The molecule has 0 amide bonds. The molecular formula is C18H25NO2S. The van der Waals surface area contributed by atoms with Gasteiger partial charge in [-0.05, 0) is 24.3 Å². The molecule has 0 saturated carbocycles. The van der Waals surface area contributed by atoms with Gasteiger partial charge in [0.25, 0.3) is 0 Å². The molecule has 0 aromatic heterocycles. The number of hydrogen-bond donors (Lipinski definition) is 0. The van der Waals surface area contributed by atoms with Gasteiger partial charge in [-0.25, -0.2) is 8.42 Å². The molecule has 0 heterocycles. The van der Waals surface area contributed by atoms with E-state index >= 15 is 0 Å². The molecular weight excluding hydrogens is 294 g/mol. The van der Waals surface area contributed by atoms with E-state index in [1.165, 1.54) is 0 Å². The smallest absolute Gasteiger partial charge is 0.207 e. The number of nitrogens with zero attached hydrogens (tertiary/aromatic N) is 1. The Hall–Kier alpha value is -1.39. The first-order valence-corrected chi connectivity index (χ1v) is 9.53. The minimum atomic E-state index is -3.44. The van der Waals surface area contributed by atoms with Crippen molar-refractivity contribution >= 4 is 20.8 Å². The fourth-order valence-electron chi connectivity index (χ4n) is 2.58. The fraction of sp³-hybridized carbons (Fsp3) is 0.444. The van der Waals surface area contributed by atoms with Gasteiger partial charge in [0.05, 0.1) is 4.90 Å². The Kier molecular flexibility index (Phi) is 5.98. The molecule has 0 unspecified atom stereocenters. The van der Waals surface area contributed by atoms with Gasteiger partial charge in [0.1, 0.15) is 0 Å². The summed E-state index contributed by atoms with van der Waals surface area (Å²) in [6.07, 6.45) is 3.78. The molecule has 4 heteroatoms. The second-order valence-electron chi connectivity index (χ2n) is 5.59. The lowest BCUT2D eigenvalue weighted by Crippen LogP contribution is -2.33. The molecule has 0 N–H and O–H groups in total. The Labute approximate surface area is 134 Å². The first-order valence-electron chi connectivity index (χ1n) is 8.09. The maximum Gasteiger partial charge on any atom is 0.243 e. The van der Waals surface area contributed by atoms with Gasteiger partial charge in [-0.1, -0.05) is 63.1 Å². The van der Waals surface area contributed by atoms with Crippen LogP contribution in [-0.4, -0.2) is 25.8 Å². The van der Waals surface area contributed by atoms with Gasteiger partial charge in [-0.15, -0.1) is 0 Å². The van der Waals surface area contributed by atoms with Gasteiger partial charge in [0.2, 0.25) is 10.0 Å². The summed E-state index contributed by atoms with van der Waals surface area (Å²) in [6.45, 7) is 5.37. The van der Waals surface area contributed by atoms with Crippen molar-refractivity contribution in [2.75, 3.05) is 13.1 Å². The highest BCUT2D eigenvalue weighted by Crippen LogP contribution is 2.26. The van der Waals surface area contributed by atoms with E-state index in [1.807, 2.05) is 36.4 Å². The van der Waals surface area contributed by atoms with E-state index < -0.39 is 10.0 Å². The zero-order valence-electron chi connectivity index (χ0n) is 13.5. The van der Waals surface area contributed by atoms with E-state index in [0.29, 0.717) is 18.0 Å². The molecule has 22 heavy (non-hydrogen) atoms. The van der Waals surface area contributed by atoms with E-state index in [9.17, 15) is 8.42 Å². The fourth-order valence-corrected chi connectivity index (χ4v) is 4.31. The van der Waals surface area contributed by atoms with Crippen molar-refractivity contribution in [3.05, 3.63) is 42.5 Å². The normalized spacial score (nSPS) is 12.1. The van der Waals surface area contributed by atoms with Crippen LogP contribution in [0.2, 0.25) is 0 Å². The molecule has 0 radical (unpaired) electrons. The predicted molar refractivity (Wildman–Crippen MR) is 92.5 cm³/mol. The summed E-state index contributed by atoms with van der Waals surface area (Å²) < 4.78 is 27.8. The number of benzene rings is 2. The molecule has 0 fully saturated rings. The lowest BCUT2D eigenvalue weighted by Gasteiger charge is -2.22. The van der Waals surface area contributed by atoms with Crippen molar-refractivity contribution in [3.63, 3.8) is 0 Å². The topological polar surface area (TPSA) is 37.4 Å². The van der Waals surface area contributed by atoms with Crippen LogP contribution in [0.15, 0.2) is 47.4 Å². The number of hydrogen-bond acceptors (Lipinski definition) is 2. The van der Waals surface area contributed by atoms with Crippen molar-refractivity contribution in [3.8, 4) is 0 Å². The van der Waals surface area contributed by atoms with Crippen LogP contribution >= 0.6 is 0 Å². The van der Waals surface area contributed by atoms with Crippen LogP contribution in [0.5, 0.6) is 0 Å². The second-order valence-corrected chi connectivity index (χ2v) is 7.49. The average Bonchev–Trinajstić information content (AvgIpc) is 2.54. The first-order chi connectivity index (χ1) is 10.6. The van der Waals surface area contributed by atoms with Crippen LogP contribution in [0.4, 0.5) is 0 Å². The molecule has 0 aliphatic rings. The van der Waals surface area contributed by atoms with Gasteiger partial charge in [-0.3, -0.25) is 0 Å². The highest BCUT2D eigenvalue weighted by Gasteiger charge is 2.25. The van der Waals surface area contributed by atoms with E-state index in [0.717, 1.165) is 36.5 Å². The third-order valence-corrected chi connectivity index (χ3v) is 5.85. The third-order valence-electron chi connectivity index (χ3n) is 3.89. The SMILES string of the molecule is CCCCN(CCCC)S(=O)(=O)c1cccc2ccccc12. The second kappa shape index (κ2) is 7.75. The maximum absolute atomic E-state index is 13.1. The number of unbranched alkanes of at least 4 members (excludes halogenated alkanes) is 2. The highest BCUT2D eigenvalue weighted by atomic mass is 32.2. The Morgan fingerprint density at radius 2 is 1.45 bits per heavy atom. The Morgan fingerprint density at radius 3 is 2.09 bits per heavy atom. The number of fused-ring (bicyclic) bond motifs is 1. The standard InChI is InChI=1S/C18H25NO2S/c1-3-5-14-19(15-6-4-2)22(20,21)18-13-9-11-16-10-7-8-12-17(16)18/h7-13H,3-6,14-15H2,1-2H3. The van der Waals surface area contributed by atoms with E-state index in [2.05, 4.69) is 13.8 Å². The monoisotopic (exact) mass is 319 g/mol. The van der Waals surface area contributed by atoms with Gasteiger partial charge in [0.15, 0.2) is 0 Å². The van der Waals surface area contributed by atoms with Gasteiger partial charge >= 0.3 is 0 Å². The molecule has 0 bridgehead atoms. The van der Waals surface area contributed by atoms with Crippen molar-refractivity contribution in [2.45, 2.75) is 44.4 Å². The Balaban J connectivity index is 2.44. The van der Waals surface area contributed by atoms with Crippen molar-refractivity contribution < 1.29 is 8.42 Å². The molecule has 2 aromatic rings. The summed E-state index contributed by atoms with van der Waals surface area (Å²) in [4.78, 5) is 0.429. The molecule has 2 aromatic carbocycles. The van der Waals surface area contributed by atoms with Gasteiger partial charge < -0.3 is 0 Å². The minimum absolute atomic E-state index is 0.429. The van der Waals surface area contributed by atoms with Crippen molar-refractivity contribution in [2.24, 2.45) is 0 Å². The predicted octanol–water partition coefficient (Wildman–Crippen LogP) is 4.43. The quantitative estimate of drug-likeness (QED) is 0.722. The average molecular weight is 319 g/mol. The van der Waals surface area contributed by atoms with Crippen molar-refractivity contribution in [1.82, 2.24) is 4.31 Å². The molecule has 2 rings (SSSR count). The van der Waals surface area contributed by atoms with Crippen LogP contribution < -0.4 is 0 Å². The molecule has 0 spiro atoms. The Morgan fingerprint density at radius 1 is 0.864 bits per heavy atom. The highest BCUT2D eigenvalue weighted by molar-refractivity contribution is 7.89. The summed E-state index contributed by atoms with van der Waals surface area (Å²) in [7, 11) is -3.44. The Bertz CT molecular complexity index is 697. The molecule has 0 aliphatic heterocycles. The maximum atomic E-state index is 13.1. The lowest BCUT2D eigenvalue weighted by molar-refractivity contribution is 0.395. The number of sulfonamides is 1. The zero-order valence-corrected chi connectivity index (χ0v) is 14.3. The van der Waals surface area contributed by atoms with Crippen molar-refractivity contribution in [1.29, 1.82) is 0 Å². The number of rotatable bonds is 8. The molecule has 0 atom stereocenters. The summed E-state index contributed by atoms with van der Waals surface area (Å²) in [5.41, 5.74) is 0. The summed E-state index contributed by atoms with van der Waals surface area (Å²) in [5, 5.41) is 1.78. The molecule has 0 aliphatic carbocycles. The van der Waals surface area contributed by atoms with Crippen LogP contribution in [0.3, 0.4) is 0 Å². The zero-order chi connectivity index (χ0) is 16.0. The van der Waals surface area contributed by atoms with E-state index in [4.69, 9.17) is 0 Å². The summed E-state index contributed by atoms with van der Waals surface area (Å²) >= 11 is 0. The van der Waals surface area contributed by atoms with Gasteiger partial charge in [0, 0.05) is 18.5 Å². The first kappa shape index (κ1) is 17.0. The minimum Gasteiger partial charge on any atom is -0.207 e. The van der Waals surface area contributed by atoms with E-state index in [-0.39, 0.29) is 0 Å². The van der Waals surface area contributed by atoms with Crippen LogP contribution in [-0.2, 0) is 10.0 Å². The third kappa shape index (κ3) is 3.68. The molecule has 3 nitrogen and oxygen atoms in total. The summed E-state index contributed by atoms with van der Waals surface area (Å²) in [5.74, 6) is 0. The van der Waals surface area contributed by atoms with Crippen LogP contribution in [0.25, 0.3) is 10.8 Å². The van der Waals surface area contributed by atoms with Gasteiger partial charge in [-0.2, -0.15) is 4.31 Å². The summed E-state index contributed by atoms with van der Waals surface area (Å²) in [6, 6.07) is 13.2. The van der Waals surface area contributed by atoms with Crippen LogP contribution in [0.1, 0.15) is 39.5 Å². The largest absolute Gasteiger partial charge is 0.243 e. The lowest BCUT2D eigenvalue weighted by atomic mass is 10.1. The molecule has 120 valence electrons. The molecule has 0 saturated heterocycles. The van der Waals surface area contributed by atoms with E-state index in [1.54, 1.807) is 10.4 Å².